The topological polar surface area (TPSA) is 78.1 Å². The molecule has 306 valence electrons. The molecule has 3 aliphatic carbocycles. The lowest BCUT2D eigenvalue weighted by atomic mass is 9.59. The number of rotatable bonds is 12. The molecule has 0 radical (unpaired) electrons. The summed E-state index contributed by atoms with van der Waals surface area (Å²) >= 11 is 17.9. The molecule has 0 aromatic heterocycles. The molecule has 0 spiro atoms. The molecule has 3 aliphatic rings. The van der Waals surface area contributed by atoms with E-state index >= 15 is 0 Å². The molecule has 6 rings (SSSR count). The van der Waals surface area contributed by atoms with Crippen LogP contribution in [0.25, 0.3) is 0 Å². The summed E-state index contributed by atoms with van der Waals surface area (Å²) in [4.78, 5) is 0. The van der Waals surface area contributed by atoms with E-state index in [0.29, 0.717) is 17.8 Å². The van der Waals surface area contributed by atoms with Crippen LogP contribution in [0.1, 0.15) is 158 Å². The molecule has 0 amide bonds. The van der Waals surface area contributed by atoms with Gasteiger partial charge in [0.25, 0.3) is 0 Å². The number of hydrogen-bond donors (Lipinski definition) is 3. The molecular formula is C48H78Cl3N3. The minimum absolute atomic E-state index is 0. The van der Waals surface area contributed by atoms with E-state index in [4.69, 9.17) is 52.0 Å². The van der Waals surface area contributed by atoms with E-state index in [2.05, 4.69) is 77.9 Å². The Morgan fingerprint density at radius 1 is 0.407 bits per heavy atom. The predicted octanol–water partition coefficient (Wildman–Crippen LogP) is 14.3. The van der Waals surface area contributed by atoms with Gasteiger partial charge in [0.15, 0.2) is 0 Å². The monoisotopic (exact) mass is 802 g/mol. The fraction of sp³-hybridized carbons (Fsp3) is 0.625. The average Bonchev–Trinajstić information content (AvgIpc) is 2.98. The normalized spacial score (nSPS) is 18.9. The minimum Gasteiger partial charge on any atom is -0.327 e. The van der Waals surface area contributed by atoms with E-state index in [1.165, 1.54) is 74.5 Å². The Bertz CT molecular complexity index is 1280. The van der Waals surface area contributed by atoms with Gasteiger partial charge in [-0.25, -0.2) is 0 Å². The van der Waals surface area contributed by atoms with Gasteiger partial charge in [0, 0.05) is 49.4 Å². The van der Waals surface area contributed by atoms with Crippen LogP contribution in [0.5, 0.6) is 0 Å². The summed E-state index contributed by atoms with van der Waals surface area (Å²) in [6.45, 7) is 13.5. The van der Waals surface area contributed by atoms with Gasteiger partial charge in [0.1, 0.15) is 0 Å². The van der Waals surface area contributed by atoms with Crippen molar-refractivity contribution in [3.63, 3.8) is 0 Å². The molecule has 0 saturated heterocycles. The van der Waals surface area contributed by atoms with E-state index in [1.807, 2.05) is 36.4 Å². The molecule has 0 bridgehead atoms. The Hall–Kier alpha value is -1.59. The van der Waals surface area contributed by atoms with Crippen molar-refractivity contribution in [2.24, 2.45) is 35.0 Å². The average molecular weight is 804 g/mol. The molecule has 6 N–H and O–H groups in total. The second kappa shape index (κ2) is 22.4. The first-order chi connectivity index (χ1) is 24.1. The van der Waals surface area contributed by atoms with Crippen molar-refractivity contribution < 1.29 is 0 Å². The third-order valence-corrected chi connectivity index (χ3v) is 13.1. The minimum atomic E-state index is 0. The third kappa shape index (κ3) is 12.2. The van der Waals surface area contributed by atoms with E-state index in [9.17, 15) is 0 Å². The fourth-order valence-corrected chi connectivity index (χ4v) is 9.22. The van der Waals surface area contributed by atoms with Gasteiger partial charge in [-0.05, 0) is 129 Å². The van der Waals surface area contributed by atoms with Gasteiger partial charge >= 0.3 is 0 Å². The second-order valence-corrected chi connectivity index (χ2v) is 18.6. The molecule has 2 unspecified atom stereocenters. The molecule has 3 aromatic carbocycles. The molecule has 3 saturated carbocycles. The summed E-state index contributed by atoms with van der Waals surface area (Å²) in [6.07, 6.45) is 14.5. The zero-order valence-corrected chi connectivity index (χ0v) is 34.5. The maximum absolute atomic E-state index is 6.45. The number of nitrogens with two attached hydrogens (primary N) is 3. The largest absolute Gasteiger partial charge is 0.327 e. The molecule has 6 heteroatoms. The van der Waals surface area contributed by atoms with Crippen LogP contribution in [0.15, 0.2) is 72.8 Å². The van der Waals surface area contributed by atoms with Crippen LogP contribution in [0.3, 0.4) is 0 Å². The van der Waals surface area contributed by atoms with Gasteiger partial charge in [0.2, 0.25) is 0 Å². The van der Waals surface area contributed by atoms with Crippen molar-refractivity contribution >= 4 is 34.8 Å². The van der Waals surface area contributed by atoms with Crippen molar-refractivity contribution in [1.29, 1.82) is 0 Å². The van der Waals surface area contributed by atoms with Crippen molar-refractivity contribution in [2.75, 3.05) is 0 Å². The molecular weight excluding hydrogens is 725 g/mol. The lowest BCUT2D eigenvalue weighted by molar-refractivity contribution is 0.178. The maximum Gasteiger partial charge on any atom is 0.0406 e. The summed E-state index contributed by atoms with van der Waals surface area (Å²) in [5.41, 5.74) is 24.1. The van der Waals surface area contributed by atoms with Crippen molar-refractivity contribution in [2.45, 2.75) is 175 Å². The van der Waals surface area contributed by atoms with Crippen molar-refractivity contribution in [1.82, 2.24) is 0 Å². The Morgan fingerprint density at radius 3 is 0.722 bits per heavy atom. The van der Waals surface area contributed by atoms with Crippen LogP contribution in [-0.4, -0.2) is 18.1 Å². The molecule has 3 fully saturated rings. The van der Waals surface area contributed by atoms with Gasteiger partial charge < -0.3 is 17.2 Å². The maximum atomic E-state index is 6.45. The van der Waals surface area contributed by atoms with Gasteiger partial charge in [-0.15, -0.1) is 0 Å². The summed E-state index contributed by atoms with van der Waals surface area (Å²) in [6, 6.07) is 25.7. The molecule has 54 heavy (non-hydrogen) atoms. The standard InChI is InChI=1S/3C15H22ClN.3CH4/c3*1-11(2)10-14(17)15(8-3-9-15)12-4-6-13(16)7-5-12;;;/h3*4-7,11,14H,3,8-10,17H2,1-2H3;3*1H4/t14-;;;;;/m0...../s1. The van der Waals surface area contributed by atoms with Crippen LogP contribution in [0, 0.1) is 17.8 Å². The Morgan fingerprint density at radius 2 is 0.593 bits per heavy atom. The third-order valence-electron chi connectivity index (χ3n) is 12.3. The lowest BCUT2D eigenvalue weighted by Crippen LogP contribution is -2.50. The summed E-state index contributed by atoms with van der Waals surface area (Å²) < 4.78 is 0. The first-order valence-electron chi connectivity index (χ1n) is 19.7. The van der Waals surface area contributed by atoms with Gasteiger partial charge in [-0.1, -0.05) is 154 Å². The lowest BCUT2D eigenvalue weighted by Gasteiger charge is -2.47. The van der Waals surface area contributed by atoms with Gasteiger partial charge in [-0.3, -0.25) is 0 Å². The van der Waals surface area contributed by atoms with Crippen molar-refractivity contribution in [3.8, 4) is 0 Å². The summed E-state index contributed by atoms with van der Waals surface area (Å²) in [5, 5.41) is 2.42. The molecule has 3 atom stereocenters. The first kappa shape index (κ1) is 50.4. The Labute approximate surface area is 347 Å². The smallest absolute Gasteiger partial charge is 0.0406 e. The highest BCUT2D eigenvalue weighted by molar-refractivity contribution is 6.31. The summed E-state index contributed by atoms with van der Waals surface area (Å²) in [7, 11) is 0. The van der Waals surface area contributed by atoms with Crippen molar-refractivity contribution in [3.05, 3.63) is 105 Å². The van der Waals surface area contributed by atoms with Gasteiger partial charge in [0.05, 0.1) is 0 Å². The van der Waals surface area contributed by atoms with Gasteiger partial charge in [-0.2, -0.15) is 0 Å². The Balaban J connectivity index is 0.000000394. The predicted molar refractivity (Wildman–Crippen MR) is 243 cm³/mol. The van der Waals surface area contributed by atoms with Crippen LogP contribution in [0.4, 0.5) is 0 Å². The quantitative estimate of drug-likeness (QED) is 0.171. The van der Waals surface area contributed by atoms with Crippen LogP contribution >= 0.6 is 34.8 Å². The van der Waals surface area contributed by atoms with Crippen LogP contribution in [0.2, 0.25) is 15.1 Å². The number of benzene rings is 3. The second-order valence-electron chi connectivity index (χ2n) is 17.3. The molecule has 0 aliphatic heterocycles. The van der Waals surface area contributed by atoms with E-state index in [1.54, 1.807) is 0 Å². The molecule has 3 nitrogen and oxygen atoms in total. The molecule has 3 aromatic rings. The fourth-order valence-electron chi connectivity index (χ4n) is 8.84. The van der Waals surface area contributed by atoms with E-state index in [0.717, 1.165) is 34.3 Å². The zero-order chi connectivity index (χ0) is 37.4. The zero-order valence-electron chi connectivity index (χ0n) is 32.2. The van der Waals surface area contributed by atoms with E-state index < -0.39 is 0 Å². The SMILES string of the molecule is C.C.C.CC(C)CC(N)C1(c2ccc(Cl)cc2)CCC1.CC(C)CC(N)C1(c2ccc(Cl)cc2)CCC1.CC(C)C[C@H](N)C1(c2ccc(Cl)cc2)CCC1. The number of hydrogen-bond acceptors (Lipinski definition) is 3. The highest BCUT2D eigenvalue weighted by Gasteiger charge is 2.45. The highest BCUT2D eigenvalue weighted by atomic mass is 35.5. The number of halogens is 3. The van der Waals surface area contributed by atoms with E-state index in [-0.39, 0.29) is 56.7 Å². The Kier molecular flexibility index (Phi) is 20.9. The first-order valence-corrected chi connectivity index (χ1v) is 20.8. The molecule has 0 heterocycles. The van der Waals surface area contributed by atoms with Crippen LogP contribution < -0.4 is 17.2 Å². The highest BCUT2D eigenvalue weighted by Crippen LogP contribution is 2.49. The summed E-state index contributed by atoms with van der Waals surface area (Å²) in [5.74, 6) is 1.99. The van der Waals surface area contributed by atoms with Crippen LogP contribution in [-0.2, 0) is 16.2 Å².